The maximum absolute atomic E-state index is 5.40. The maximum Gasteiger partial charge on any atom is 0.0677 e. The summed E-state index contributed by atoms with van der Waals surface area (Å²) in [5.41, 5.74) is 0. The molecule has 1 saturated heterocycles. The molecule has 0 aromatic rings. The summed E-state index contributed by atoms with van der Waals surface area (Å²) in [5.74, 6) is 0. The van der Waals surface area contributed by atoms with Crippen molar-refractivity contribution in [2.24, 2.45) is 0 Å². The van der Waals surface area contributed by atoms with Gasteiger partial charge in [0.15, 0.2) is 0 Å². The minimum absolute atomic E-state index is 0.669. The molecule has 0 atom stereocenters. The summed E-state index contributed by atoms with van der Waals surface area (Å²) >= 11 is 4.01. The van der Waals surface area contributed by atoms with Crippen LogP contribution in [0.5, 0.6) is 0 Å². The topological polar surface area (TPSA) is 3.24 Å². The van der Waals surface area contributed by atoms with Crippen molar-refractivity contribution in [3.63, 3.8) is 0 Å². The average molecular weight is 128 g/mol. The van der Waals surface area contributed by atoms with Gasteiger partial charge < -0.3 is 4.90 Å². The van der Waals surface area contributed by atoms with Crippen molar-refractivity contribution in [2.75, 3.05) is 13.1 Å². The molecule has 0 aromatic heterocycles. The highest BCUT2D eigenvalue weighted by Crippen LogP contribution is 2.14. The molecule has 0 N–H and O–H groups in total. The third-order valence-corrected chi connectivity index (χ3v) is 1.71. The summed E-state index contributed by atoms with van der Waals surface area (Å²) in [7, 11) is 0. The first kappa shape index (κ1) is 6.02. The van der Waals surface area contributed by atoms with Crippen molar-refractivity contribution in [2.45, 2.75) is 12.8 Å². The zero-order valence-corrected chi connectivity index (χ0v) is 5.69. The van der Waals surface area contributed by atoms with E-state index < -0.39 is 0 Å². The molecule has 1 aliphatic heterocycles. The Morgan fingerprint density at radius 1 is 1.38 bits per heavy atom. The highest BCUT2D eigenvalue weighted by Gasteiger charge is 2.09. The standard InChI is InChI=1S/C6H10NS/c1-6(8)7-4-2-3-5-7/h1,8H,2-5H2. The van der Waals surface area contributed by atoms with E-state index in [0.717, 1.165) is 13.1 Å². The Bertz CT molecular complexity index is 94.7. The molecule has 0 amide bonds. The summed E-state index contributed by atoms with van der Waals surface area (Å²) in [6.45, 7) is 7.59. The van der Waals surface area contributed by atoms with Crippen LogP contribution in [0.2, 0.25) is 0 Å². The predicted molar refractivity (Wildman–Crippen MR) is 37.6 cm³/mol. The molecule has 45 valence electrons. The number of hydrogen-bond donors (Lipinski definition) is 1. The molecular formula is C6H10NS. The lowest BCUT2D eigenvalue weighted by molar-refractivity contribution is 0.458. The number of nitrogens with zero attached hydrogens (tertiary/aromatic N) is 1. The Morgan fingerprint density at radius 2 is 1.88 bits per heavy atom. The summed E-state index contributed by atoms with van der Waals surface area (Å²) in [6.07, 6.45) is 2.53. The molecule has 0 aliphatic carbocycles. The Labute approximate surface area is 55.8 Å². The SMILES string of the molecule is [CH]=C(S)N1CCCC1. The Balaban J connectivity index is 2.35. The summed E-state index contributed by atoms with van der Waals surface area (Å²) in [5, 5.41) is 0.669. The van der Waals surface area contributed by atoms with Crippen LogP contribution in [-0.2, 0) is 0 Å². The Morgan fingerprint density at radius 3 is 2.12 bits per heavy atom. The van der Waals surface area contributed by atoms with Gasteiger partial charge in [0.25, 0.3) is 0 Å². The van der Waals surface area contributed by atoms with Crippen molar-refractivity contribution in [1.82, 2.24) is 4.90 Å². The number of rotatable bonds is 1. The smallest absolute Gasteiger partial charge is 0.0677 e. The molecule has 1 heterocycles. The van der Waals surface area contributed by atoms with Gasteiger partial charge in [-0.3, -0.25) is 0 Å². The van der Waals surface area contributed by atoms with E-state index >= 15 is 0 Å². The zero-order valence-electron chi connectivity index (χ0n) is 4.80. The van der Waals surface area contributed by atoms with Crippen molar-refractivity contribution in [3.05, 3.63) is 11.6 Å². The van der Waals surface area contributed by atoms with Gasteiger partial charge in [0.1, 0.15) is 0 Å². The lowest BCUT2D eigenvalue weighted by Gasteiger charge is -2.14. The first-order valence-electron chi connectivity index (χ1n) is 2.87. The zero-order chi connectivity index (χ0) is 5.98. The Kier molecular flexibility index (Phi) is 1.84. The minimum atomic E-state index is 0.669. The lowest BCUT2D eigenvalue weighted by atomic mass is 10.4. The summed E-state index contributed by atoms with van der Waals surface area (Å²) in [6, 6.07) is 0. The molecular weight excluding hydrogens is 118 g/mol. The van der Waals surface area contributed by atoms with Crippen LogP contribution in [0.15, 0.2) is 5.03 Å². The second-order valence-corrected chi connectivity index (χ2v) is 2.51. The molecule has 0 bridgehead atoms. The molecule has 1 radical (unpaired) electrons. The average Bonchev–Trinajstić information content (AvgIpc) is 2.12. The fourth-order valence-corrected chi connectivity index (χ4v) is 1.15. The van der Waals surface area contributed by atoms with Crippen LogP contribution in [-0.4, -0.2) is 18.0 Å². The normalized spacial score (nSPS) is 19.4. The van der Waals surface area contributed by atoms with Crippen LogP contribution in [0.4, 0.5) is 0 Å². The van der Waals surface area contributed by atoms with Crippen LogP contribution in [0, 0.1) is 6.58 Å². The molecule has 0 saturated carbocycles. The van der Waals surface area contributed by atoms with E-state index in [1.807, 2.05) is 0 Å². The molecule has 1 aliphatic rings. The maximum atomic E-state index is 5.40. The monoisotopic (exact) mass is 128 g/mol. The third-order valence-electron chi connectivity index (χ3n) is 1.43. The fourth-order valence-electron chi connectivity index (χ4n) is 0.946. The highest BCUT2D eigenvalue weighted by molar-refractivity contribution is 7.84. The van der Waals surface area contributed by atoms with E-state index in [2.05, 4.69) is 17.5 Å². The van der Waals surface area contributed by atoms with Gasteiger partial charge in [-0.05, 0) is 19.4 Å². The largest absolute Gasteiger partial charge is 0.367 e. The van der Waals surface area contributed by atoms with E-state index in [0.29, 0.717) is 5.03 Å². The van der Waals surface area contributed by atoms with Crippen LogP contribution in [0.1, 0.15) is 12.8 Å². The predicted octanol–water partition coefficient (Wildman–Crippen LogP) is 1.29. The molecule has 1 rings (SSSR count). The van der Waals surface area contributed by atoms with E-state index in [4.69, 9.17) is 6.58 Å². The second kappa shape index (κ2) is 2.44. The molecule has 0 spiro atoms. The quantitative estimate of drug-likeness (QED) is 0.521. The lowest BCUT2D eigenvalue weighted by Crippen LogP contribution is -2.13. The molecule has 1 fully saturated rings. The van der Waals surface area contributed by atoms with E-state index in [9.17, 15) is 0 Å². The minimum Gasteiger partial charge on any atom is -0.367 e. The van der Waals surface area contributed by atoms with Gasteiger partial charge in [0, 0.05) is 13.1 Å². The highest BCUT2D eigenvalue weighted by atomic mass is 32.1. The number of likely N-dealkylation sites (tertiary alicyclic amines) is 1. The molecule has 2 heteroatoms. The van der Waals surface area contributed by atoms with Crippen molar-refractivity contribution < 1.29 is 0 Å². The van der Waals surface area contributed by atoms with Gasteiger partial charge in [-0.1, -0.05) is 0 Å². The molecule has 8 heavy (non-hydrogen) atoms. The molecule has 0 aromatic carbocycles. The fraction of sp³-hybridized carbons (Fsp3) is 0.667. The van der Waals surface area contributed by atoms with Gasteiger partial charge >= 0.3 is 0 Å². The van der Waals surface area contributed by atoms with Crippen molar-refractivity contribution >= 4 is 12.6 Å². The number of hydrogen-bond acceptors (Lipinski definition) is 2. The first-order chi connectivity index (χ1) is 3.80. The van der Waals surface area contributed by atoms with Crippen LogP contribution in [0.25, 0.3) is 0 Å². The van der Waals surface area contributed by atoms with Gasteiger partial charge in [-0.25, -0.2) is 0 Å². The summed E-state index contributed by atoms with van der Waals surface area (Å²) < 4.78 is 0. The third kappa shape index (κ3) is 1.19. The van der Waals surface area contributed by atoms with E-state index in [-0.39, 0.29) is 0 Å². The first-order valence-corrected chi connectivity index (χ1v) is 3.32. The summed E-state index contributed by atoms with van der Waals surface area (Å²) in [4.78, 5) is 2.09. The van der Waals surface area contributed by atoms with Crippen LogP contribution in [0.3, 0.4) is 0 Å². The second-order valence-electron chi connectivity index (χ2n) is 2.05. The molecule has 0 unspecified atom stereocenters. The number of thiol groups is 1. The van der Waals surface area contributed by atoms with E-state index in [1.165, 1.54) is 12.8 Å². The molecule has 1 nitrogen and oxygen atoms in total. The van der Waals surface area contributed by atoms with Crippen molar-refractivity contribution in [1.29, 1.82) is 0 Å². The van der Waals surface area contributed by atoms with Gasteiger partial charge in [0.2, 0.25) is 0 Å². The van der Waals surface area contributed by atoms with Crippen molar-refractivity contribution in [3.8, 4) is 0 Å². The van der Waals surface area contributed by atoms with Crippen LogP contribution >= 0.6 is 12.6 Å². The van der Waals surface area contributed by atoms with Crippen LogP contribution < -0.4 is 0 Å². The van der Waals surface area contributed by atoms with Gasteiger partial charge in [-0.15, -0.1) is 12.6 Å². The van der Waals surface area contributed by atoms with Gasteiger partial charge in [-0.2, -0.15) is 0 Å². The van der Waals surface area contributed by atoms with Gasteiger partial charge in [0.05, 0.1) is 5.03 Å². The Hall–Kier alpha value is -0.110. The van der Waals surface area contributed by atoms with E-state index in [1.54, 1.807) is 0 Å².